The van der Waals surface area contributed by atoms with Gasteiger partial charge >= 0.3 is 0 Å². The molecule has 3 aromatic rings. The van der Waals surface area contributed by atoms with E-state index in [4.69, 9.17) is 0 Å². The Kier molecular flexibility index (Phi) is 3.47. The number of hydrogen-bond acceptors (Lipinski definition) is 3. The maximum atomic E-state index is 12.1. The van der Waals surface area contributed by atoms with Gasteiger partial charge in [-0.1, -0.05) is 33.3 Å². The standard InChI is InChI=1S/C14H11BrN4O/c15-11-3-1-2-9(6-11)8-16-14(20)10-4-5-12-13(7-10)18-19-17-12/h1-7H,8H2,(H,16,20)(H,17,18,19). The molecule has 1 amide bonds. The van der Waals surface area contributed by atoms with Crippen LogP contribution in [0.4, 0.5) is 0 Å². The number of aromatic nitrogens is 3. The van der Waals surface area contributed by atoms with Crippen LogP contribution >= 0.6 is 15.9 Å². The van der Waals surface area contributed by atoms with E-state index >= 15 is 0 Å². The number of nitrogens with zero attached hydrogens (tertiary/aromatic N) is 2. The Hall–Kier alpha value is -2.21. The zero-order chi connectivity index (χ0) is 13.9. The zero-order valence-corrected chi connectivity index (χ0v) is 12.0. The molecule has 0 radical (unpaired) electrons. The molecular formula is C14H11BrN4O. The average Bonchev–Trinajstić information content (AvgIpc) is 2.92. The number of halogens is 1. The van der Waals surface area contributed by atoms with Gasteiger partial charge in [0.25, 0.3) is 5.91 Å². The van der Waals surface area contributed by atoms with E-state index in [1.165, 1.54) is 0 Å². The summed E-state index contributed by atoms with van der Waals surface area (Å²) in [4.78, 5) is 12.1. The van der Waals surface area contributed by atoms with Crippen LogP contribution in [0.2, 0.25) is 0 Å². The number of aromatic amines is 1. The van der Waals surface area contributed by atoms with Crippen LogP contribution in [0.5, 0.6) is 0 Å². The predicted octanol–water partition coefficient (Wildman–Crippen LogP) is 2.65. The summed E-state index contributed by atoms with van der Waals surface area (Å²) in [6.07, 6.45) is 0. The third-order valence-corrected chi connectivity index (χ3v) is 3.42. The van der Waals surface area contributed by atoms with E-state index in [2.05, 4.69) is 36.7 Å². The number of H-pyrrole nitrogens is 1. The quantitative estimate of drug-likeness (QED) is 0.775. The molecule has 0 spiro atoms. The second-order valence-electron chi connectivity index (χ2n) is 4.36. The Morgan fingerprint density at radius 3 is 3.00 bits per heavy atom. The van der Waals surface area contributed by atoms with Gasteiger partial charge < -0.3 is 5.32 Å². The van der Waals surface area contributed by atoms with Gasteiger partial charge in [-0.3, -0.25) is 9.89 Å². The van der Waals surface area contributed by atoms with Gasteiger partial charge in [0, 0.05) is 16.6 Å². The molecular weight excluding hydrogens is 320 g/mol. The van der Waals surface area contributed by atoms with Crippen molar-refractivity contribution < 1.29 is 4.79 Å². The molecule has 5 nitrogen and oxygen atoms in total. The highest BCUT2D eigenvalue weighted by Gasteiger charge is 2.07. The van der Waals surface area contributed by atoms with Crippen LogP contribution in [-0.2, 0) is 6.54 Å². The van der Waals surface area contributed by atoms with E-state index in [-0.39, 0.29) is 5.91 Å². The first-order valence-corrected chi connectivity index (χ1v) is 6.85. The van der Waals surface area contributed by atoms with Crippen LogP contribution < -0.4 is 5.32 Å². The number of fused-ring (bicyclic) bond motifs is 1. The molecule has 0 atom stereocenters. The van der Waals surface area contributed by atoms with E-state index in [0.717, 1.165) is 15.6 Å². The summed E-state index contributed by atoms with van der Waals surface area (Å²) in [5.74, 6) is -0.130. The molecule has 6 heteroatoms. The summed E-state index contributed by atoms with van der Waals surface area (Å²) in [6, 6.07) is 13.1. The fraction of sp³-hybridized carbons (Fsp3) is 0.0714. The van der Waals surface area contributed by atoms with Crippen LogP contribution in [0.15, 0.2) is 46.9 Å². The molecule has 0 unspecified atom stereocenters. The lowest BCUT2D eigenvalue weighted by Gasteiger charge is -2.05. The van der Waals surface area contributed by atoms with Gasteiger partial charge in [-0.15, -0.1) is 5.10 Å². The highest BCUT2D eigenvalue weighted by Crippen LogP contribution is 2.13. The molecule has 0 bridgehead atoms. The largest absolute Gasteiger partial charge is 0.348 e. The van der Waals surface area contributed by atoms with Crippen LogP contribution in [0, 0.1) is 0 Å². The molecule has 1 heterocycles. The number of nitrogens with one attached hydrogen (secondary N) is 2. The highest BCUT2D eigenvalue weighted by molar-refractivity contribution is 9.10. The van der Waals surface area contributed by atoms with Crippen molar-refractivity contribution in [2.24, 2.45) is 0 Å². The predicted molar refractivity (Wildman–Crippen MR) is 79.2 cm³/mol. The van der Waals surface area contributed by atoms with E-state index < -0.39 is 0 Å². The lowest BCUT2D eigenvalue weighted by Crippen LogP contribution is -2.22. The number of hydrogen-bond donors (Lipinski definition) is 2. The summed E-state index contributed by atoms with van der Waals surface area (Å²) in [7, 11) is 0. The van der Waals surface area contributed by atoms with Crippen molar-refractivity contribution in [3.05, 3.63) is 58.1 Å². The van der Waals surface area contributed by atoms with Crippen molar-refractivity contribution in [2.45, 2.75) is 6.54 Å². The molecule has 2 N–H and O–H groups in total. The molecule has 0 fully saturated rings. The topological polar surface area (TPSA) is 70.7 Å². The Bertz CT molecular complexity index is 768. The molecule has 2 aromatic carbocycles. The van der Waals surface area contributed by atoms with Gasteiger partial charge in [0.05, 0.1) is 5.52 Å². The summed E-state index contributed by atoms with van der Waals surface area (Å²) in [6.45, 7) is 0.481. The van der Waals surface area contributed by atoms with Crippen molar-refractivity contribution in [2.75, 3.05) is 0 Å². The first-order valence-electron chi connectivity index (χ1n) is 6.06. The summed E-state index contributed by atoms with van der Waals surface area (Å²) < 4.78 is 0.994. The smallest absolute Gasteiger partial charge is 0.251 e. The van der Waals surface area contributed by atoms with Gasteiger partial charge in [0.2, 0.25) is 0 Å². The Balaban J connectivity index is 1.72. The van der Waals surface area contributed by atoms with Crippen molar-refractivity contribution >= 4 is 32.9 Å². The Labute approximate surface area is 123 Å². The van der Waals surface area contributed by atoms with Gasteiger partial charge in [-0.05, 0) is 35.9 Å². The Morgan fingerprint density at radius 2 is 2.15 bits per heavy atom. The van der Waals surface area contributed by atoms with Gasteiger partial charge in [-0.25, -0.2) is 0 Å². The molecule has 0 aliphatic rings. The van der Waals surface area contributed by atoms with Crippen molar-refractivity contribution in [1.82, 2.24) is 20.7 Å². The minimum atomic E-state index is -0.130. The molecule has 3 rings (SSSR count). The van der Waals surface area contributed by atoms with Crippen molar-refractivity contribution in [1.29, 1.82) is 0 Å². The highest BCUT2D eigenvalue weighted by atomic mass is 79.9. The maximum absolute atomic E-state index is 12.1. The molecule has 0 saturated heterocycles. The zero-order valence-electron chi connectivity index (χ0n) is 10.4. The maximum Gasteiger partial charge on any atom is 0.251 e. The second kappa shape index (κ2) is 5.42. The van der Waals surface area contributed by atoms with E-state index in [1.807, 2.05) is 24.3 Å². The number of benzene rings is 2. The van der Waals surface area contributed by atoms with Gasteiger partial charge in [0.1, 0.15) is 5.52 Å². The third kappa shape index (κ3) is 2.70. The van der Waals surface area contributed by atoms with Crippen LogP contribution in [-0.4, -0.2) is 21.3 Å². The number of carbonyl (C=O) groups is 1. The third-order valence-electron chi connectivity index (χ3n) is 2.93. The fourth-order valence-electron chi connectivity index (χ4n) is 1.91. The normalized spacial score (nSPS) is 10.7. The number of rotatable bonds is 3. The summed E-state index contributed by atoms with van der Waals surface area (Å²) in [5.41, 5.74) is 3.10. The monoisotopic (exact) mass is 330 g/mol. The minimum Gasteiger partial charge on any atom is -0.348 e. The number of carbonyl (C=O) groups excluding carboxylic acids is 1. The first kappa shape index (κ1) is 12.8. The molecule has 0 aliphatic carbocycles. The SMILES string of the molecule is O=C(NCc1cccc(Br)c1)c1ccc2[nH]nnc2c1. The first-order chi connectivity index (χ1) is 9.72. The van der Waals surface area contributed by atoms with Crippen LogP contribution in [0.3, 0.4) is 0 Å². The number of amides is 1. The summed E-state index contributed by atoms with van der Waals surface area (Å²) >= 11 is 3.41. The minimum absolute atomic E-state index is 0.130. The van der Waals surface area contributed by atoms with Gasteiger partial charge in [0.15, 0.2) is 0 Å². The lowest BCUT2D eigenvalue weighted by atomic mass is 10.1. The average molecular weight is 331 g/mol. The molecule has 20 heavy (non-hydrogen) atoms. The van der Waals surface area contributed by atoms with Crippen molar-refractivity contribution in [3.63, 3.8) is 0 Å². The van der Waals surface area contributed by atoms with Crippen molar-refractivity contribution in [3.8, 4) is 0 Å². The second-order valence-corrected chi connectivity index (χ2v) is 5.27. The van der Waals surface area contributed by atoms with E-state index in [9.17, 15) is 4.79 Å². The van der Waals surface area contributed by atoms with Gasteiger partial charge in [-0.2, -0.15) is 0 Å². The molecule has 0 saturated carbocycles. The molecule has 1 aromatic heterocycles. The van der Waals surface area contributed by atoms with Crippen LogP contribution in [0.25, 0.3) is 11.0 Å². The summed E-state index contributed by atoms with van der Waals surface area (Å²) in [5, 5.41) is 13.2. The molecule has 100 valence electrons. The van der Waals surface area contributed by atoms with E-state index in [0.29, 0.717) is 17.6 Å². The fourth-order valence-corrected chi connectivity index (χ4v) is 2.36. The van der Waals surface area contributed by atoms with E-state index in [1.54, 1.807) is 18.2 Å². The van der Waals surface area contributed by atoms with Crippen LogP contribution in [0.1, 0.15) is 15.9 Å². The Morgan fingerprint density at radius 1 is 1.25 bits per heavy atom. The molecule has 0 aliphatic heterocycles. The lowest BCUT2D eigenvalue weighted by molar-refractivity contribution is 0.0951.